The highest BCUT2D eigenvalue weighted by Gasteiger charge is 2.56. The lowest BCUT2D eigenvalue weighted by atomic mass is 9.63. The van der Waals surface area contributed by atoms with Gasteiger partial charge in [0.2, 0.25) is 0 Å². The lowest BCUT2D eigenvalue weighted by molar-refractivity contribution is -0.157. The van der Waals surface area contributed by atoms with Gasteiger partial charge in [0.15, 0.2) is 0 Å². The molecule has 0 radical (unpaired) electrons. The van der Waals surface area contributed by atoms with E-state index in [-0.39, 0.29) is 11.4 Å². The van der Waals surface area contributed by atoms with Gasteiger partial charge in [-0.3, -0.25) is 4.79 Å². The third-order valence-electron chi connectivity index (χ3n) is 5.25. The Balaban J connectivity index is 2.54. The minimum atomic E-state index is -0.496. The van der Waals surface area contributed by atoms with E-state index in [0.29, 0.717) is 6.61 Å². The van der Waals surface area contributed by atoms with Gasteiger partial charge in [0.1, 0.15) is 5.75 Å². The minimum Gasteiger partial charge on any atom is -0.496 e. The lowest BCUT2D eigenvalue weighted by Gasteiger charge is -2.40. The topological polar surface area (TPSA) is 35.5 Å². The van der Waals surface area contributed by atoms with Gasteiger partial charge in [-0.2, -0.15) is 0 Å². The smallest absolute Gasteiger partial charge is 0.312 e. The number of hydrogen-bond acceptors (Lipinski definition) is 3. The summed E-state index contributed by atoms with van der Waals surface area (Å²) in [7, 11) is 1.69. The molecule has 2 atom stereocenters. The summed E-state index contributed by atoms with van der Waals surface area (Å²) in [5.74, 6) is 0.772. The monoisotopic (exact) mass is 290 g/mol. The van der Waals surface area contributed by atoms with E-state index in [1.807, 2.05) is 26.0 Å². The Morgan fingerprint density at radius 1 is 1.29 bits per heavy atom. The van der Waals surface area contributed by atoms with Crippen molar-refractivity contribution in [3.8, 4) is 5.75 Å². The SMILES string of the molecule is CCOC(=O)[C@]1(C)CCC[C@]1(C)c1cc(C)ccc1OC. The molecule has 0 spiro atoms. The molecule has 3 nitrogen and oxygen atoms in total. The number of methoxy groups -OCH3 is 1. The van der Waals surface area contributed by atoms with Crippen molar-refractivity contribution in [3.05, 3.63) is 29.3 Å². The highest BCUT2D eigenvalue weighted by molar-refractivity contribution is 5.79. The van der Waals surface area contributed by atoms with Crippen LogP contribution in [0.2, 0.25) is 0 Å². The maximum absolute atomic E-state index is 12.6. The van der Waals surface area contributed by atoms with E-state index in [9.17, 15) is 4.79 Å². The number of hydrogen-bond donors (Lipinski definition) is 0. The Hall–Kier alpha value is -1.51. The summed E-state index contributed by atoms with van der Waals surface area (Å²) in [5, 5.41) is 0. The molecule has 0 aromatic heterocycles. The number of carbonyl (C=O) groups is 1. The van der Waals surface area contributed by atoms with E-state index in [1.165, 1.54) is 5.56 Å². The van der Waals surface area contributed by atoms with Crippen molar-refractivity contribution >= 4 is 5.97 Å². The van der Waals surface area contributed by atoms with E-state index >= 15 is 0 Å². The first-order valence-electron chi connectivity index (χ1n) is 7.71. The second-order valence-corrected chi connectivity index (χ2v) is 6.44. The molecule has 0 amide bonds. The summed E-state index contributed by atoms with van der Waals surface area (Å²) in [6.07, 6.45) is 2.87. The molecule has 0 unspecified atom stereocenters. The normalized spacial score (nSPS) is 28.4. The minimum absolute atomic E-state index is 0.0893. The number of rotatable bonds is 4. The molecule has 116 valence electrons. The third-order valence-corrected chi connectivity index (χ3v) is 5.25. The number of aryl methyl sites for hydroxylation is 1. The Bertz CT molecular complexity index is 537. The van der Waals surface area contributed by atoms with Gasteiger partial charge in [-0.15, -0.1) is 0 Å². The average molecular weight is 290 g/mol. The second kappa shape index (κ2) is 5.70. The van der Waals surface area contributed by atoms with Crippen LogP contribution in [-0.2, 0) is 14.9 Å². The summed E-state index contributed by atoms with van der Waals surface area (Å²) < 4.78 is 10.9. The van der Waals surface area contributed by atoms with E-state index in [1.54, 1.807) is 7.11 Å². The fourth-order valence-electron chi connectivity index (χ4n) is 3.65. The Kier molecular flexibility index (Phi) is 4.31. The van der Waals surface area contributed by atoms with Crippen LogP contribution in [0.15, 0.2) is 18.2 Å². The number of carbonyl (C=O) groups excluding carboxylic acids is 1. The second-order valence-electron chi connectivity index (χ2n) is 6.44. The van der Waals surface area contributed by atoms with Gasteiger partial charge >= 0.3 is 5.97 Å². The first-order valence-corrected chi connectivity index (χ1v) is 7.71. The summed E-state index contributed by atoms with van der Waals surface area (Å²) in [6, 6.07) is 6.20. The zero-order valence-corrected chi connectivity index (χ0v) is 13.8. The van der Waals surface area contributed by atoms with Crippen LogP contribution in [0.4, 0.5) is 0 Å². The molecule has 1 aliphatic rings. The van der Waals surface area contributed by atoms with Crippen LogP contribution in [-0.4, -0.2) is 19.7 Å². The van der Waals surface area contributed by atoms with E-state index < -0.39 is 5.41 Å². The molecule has 1 fully saturated rings. The van der Waals surface area contributed by atoms with Crippen molar-refractivity contribution in [1.82, 2.24) is 0 Å². The van der Waals surface area contributed by atoms with Crippen LogP contribution in [0.1, 0.15) is 51.2 Å². The van der Waals surface area contributed by atoms with Gasteiger partial charge < -0.3 is 9.47 Å². The predicted molar refractivity (Wildman–Crippen MR) is 83.7 cm³/mol. The Labute approximate surface area is 127 Å². The molecule has 3 heteroatoms. The van der Waals surface area contributed by atoms with Crippen LogP contribution in [0.25, 0.3) is 0 Å². The zero-order valence-electron chi connectivity index (χ0n) is 13.8. The first-order chi connectivity index (χ1) is 9.89. The molecule has 0 saturated heterocycles. The molecule has 2 rings (SSSR count). The van der Waals surface area contributed by atoms with E-state index in [4.69, 9.17) is 9.47 Å². The van der Waals surface area contributed by atoms with E-state index in [2.05, 4.69) is 19.9 Å². The van der Waals surface area contributed by atoms with E-state index in [0.717, 1.165) is 30.6 Å². The van der Waals surface area contributed by atoms with Gasteiger partial charge in [-0.25, -0.2) is 0 Å². The predicted octanol–water partition coefficient (Wildman–Crippen LogP) is 4.01. The van der Waals surface area contributed by atoms with Crippen molar-refractivity contribution in [2.45, 2.75) is 52.4 Å². The maximum Gasteiger partial charge on any atom is 0.312 e. The maximum atomic E-state index is 12.6. The summed E-state index contributed by atoms with van der Waals surface area (Å²) in [5.41, 5.74) is 1.56. The van der Waals surface area contributed by atoms with Crippen LogP contribution in [0, 0.1) is 12.3 Å². The van der Waals surface area contributed by atoms with Crippen LogP contribution in [0.5, 0.6) is 5.75 Å². The zero-order chi connectivity index (χ0) is 15.7. The highest BCUT2D eigenvalue weighted by atomic mass is 16.5. The largest absolute Gasteiger partial charge is 0.496 e. The van der Waals surface area contributed by atoms with Crippen LogP contribution < -0.4 is 4.74 Å². The molecule has 1 aromatic carbocycles. The van der Waals surface area contributed by atoms with Gasteiger partial charge in [0.25, 0.3) is 0 Å². The molecule has 1 saturated carbocycles. The van der Waals surface area contributed by atoms with Gasteiger partial charge in [-0.05, 0) is 39.7 Å². The number of benzene rings is 1. The number of ether oxygens (including phenoxy) is 2. The molecule has 0 N–H and O–H groups in total. The summed E-state index contributed by atoms with van der Waals surface area (Å²) in [4.78, 5) is 12.6. The summed E-state index contributed by atoms with van der Waals surface area (Å²) >= 11 is 0. The molecular weight excluding hydrogens is 264 g/mol. The lowest BCUT2D eigenvalue weighted by Crippen LogP contribution is -2.44. The quantitative estimate of drug-likeness (QED) is 0.786. The first kappa shape index (κ1) is 15.9. The molecule has 0 heterocycles. The fourth-order valence-corrected chi connectivity index (χ4v) is 3.65. The van der Waals surface area contributed by atoms with Crippen LogP contribution >= 0.6 is 0 Å². The van der Waals surface area contributed by atoms with Crippen molar-refractivity contribution in [1.29, 1.82) is 0 Å². The molecule has 21 heavy (non-hydrogen) atoms. The average Bonchev–Trinajstić information content (AvgIpc) is 2.77. The van der Waals surface area contributed by atoms with Gasteiger partial charge in [0.05, 0.1) is 19.1 Å². The standard InChI is InChI=1S/C18H26O3/c1-6-21-16(19)18(4)11-7-10-17(18,3)14-12-13(2)8-9-15(14)20-5/h8-9,12H,6-7,10-11H2,1-5H3/t17-,18+/m1/s1. The third kappa shape index (κ3) is 2.43. The number of esters is 1. The fraction of sp³-hybridized carbons (Fsp3) is 0.611. The van der Waals surface area contributed by atoms with Crippen LogP contribution in [0.3, 0.4) is 0 Å². The molecule has 0 bridgehead atoms. The van der Waals surface area contributed by atoms with Crippen molar-refractivity contribution in [2.75, 3.05) is 13.7 Å². The molecule has 0 aliphatic heterocycles. The highest BCUT2D eigenvalue weighted by Crippen LogP contribution is 2.56. The van der Waals surface area contributed by atoms with Crippen molar-refractivity contribution in [2.24, 2.45) is 5.41 Å². The van der Waals surface area contributed by atoms with Crippen molar-refractivity contribution < 1.29 is 14.3 Å². The van der Waals surface area contributed by atoms with Gasteiger partial charge in [0, 0.05) is 11.0 Å². The Morgan fingerprint density at radius 2 is 2.00 bits per heavy atom. The molecule has 1 aromatic rings. The van der Waals surface area contributed by atoms with Crippen molar-refractivity contribution in [3.63, 3.8) is 0 Å². The summed E-state index contributed by atoms with van der Waals surface area (Å²) in [6.45, 7) is 8.58. The molecule has 1 aliphatic carbocycles. The Morgan fingerprint density at radius 3 is 2.62 bits per heavy atom. The molecular formula is C18H26O3. The van der Waals surface area contributed by atoms with Gasteiger partial charge in [-0.1, -0.05) is 31.0 Å².